The molecule has 1 atom stereocenters. The molecular weight excluding hydrogens is 342 g/mol. The summed E-state index contributed by atoms with van der Waals surface area (Å²) in [6.45, 7) is 8.80. The van der Waals surface area contributed by atoms with E-state index in [1.807, 2.05) is 0 Å². The summed E-state index contributed by atoms with van der Waals surface area (Å²) in [5.74, 6) is 0. The van der Waals surface area contributed by atoms with Crippen molar-refractivity contribution in [3.8, 4) is 0 Å². The summed E-state index contributed by atoms with van der Waals surface area (Å²) in [6.07, 6.45) is 25.0. The standard InChI is InChI=1S/C25H55N3/c1-3-5-6-7-8-9-10-11-12-13-14-15-20-25(19-4-2)28-24-17-16-22-27-23-18-21-26/h25,27-28H,3-24,26H2,1-2H3. The Morgan fingerprint density at radius 1 is 0.536 bits per heavy atom. The van der Waals surface area contributed by atoms with Gasteiger partial charge in [0.15, 0.2) is 0 Å². The fraction of sp³-hybridized carbons (Fsp3) is 1.00. The van der Waals surface area contributed by atoms with Gasteiger partial charge in [-0.15, -0.1) is 0 Å². The lowest BCUT2D eigenvalue weighted by atomic mass is 10.0. The third-order valence-corrected chi connectivity index (χ3v) is 5.81. The minimum atomic E-state index is 0.748. The van der Waals surface area contributed by atoms with Crippen LogP contribution in [-0.4, -0.2) is 32.2 Å². The predicted octanol–water partition coefficient (Wildman–Crippen LogP) is 6.55. The van der Waals surface area contributed by atoms with Crippen molar-refractivity contribution < 1.29 is 0 Å². The largest absolute Gasteiger partial charge is 0.330 e. The molecule has 3 heteroatoms. The topological polar surface area (TPSA) is 50.1 Å². The molecule has 0 aromatic carbocycles. The number of nitrogens with two attached hydrogens (primary N) is 1. The molecule has 0 aromatic heterocycles. The molecule has 28 heavy (non-hydrogen) atoms. The zero-order chi connectivity index (χ0) is 20.5. The Bertz CT molecular complexity index is 271. The molecule has 0 radical (unpaired) electrons. The number of unbranched alkanes of at least 4 members (excludes halogenated alkanes) is 12. The third-order valence-electron chi connectivity index (χ3n) is 5.81. The van der Waals surface area contributed by atoms with Crippen LogP contribution in [-0.2, 0) is 0 Å². The van der Waals surface area contributed by atoms with E-state index in [2.05, 4.69) is 24.5 Å². The molecule has 3 nitrogen and oxygen atoms in total. The molecule has 4 N–H and O–H groups in total. The van der Waals surface area contributed by atoms with Crippen LogP contribution >= 0.6 is 0 Å². The van der Waals surface area contributed by atoms with Gasteiger partial charge in [-0.2, -0.15) is 0 Å². The average molecular weight is 398 g/mol. The van der Waals surface area contributed by atoms with Gasteiger partial charge in [0, 0.05) is 6.04 Å². The maximum atomic E-state index is 5.51. The number of rotatable bonds is 24. The van der Waals surface area contributed by atoms with Crippen molar-refractivity contribution in [2.45, 2.75) is 135 Å². The summed E-state index contributed by atoms with van der Waals surface area (Å²) in [7, 11) is 0. The Labute approximate surface area is 178 Å². The first kappa shape index (κ1) is 27.9. The molecule has 0 fully saturated rings. The summed E-state index contributed by atoms with van der Waals surface area (Å²) in [5.41, 5.74) is 5.51. The molecule has 0 aliphatic heterocycles. The first-order valence-corrected chi connectivity index (χ1v) is 13.0. The Balaban J connectivity index is 3.39. The lowest BCUT2D eigenvalue weighted by Crippen LogP contribution is -2.30. The minimum Gasteiger partial charge on any atom is -0.330 e. The van der Waals surface area contributed by atoms with E-state index >= 15 is 0 Å². The zero-order valence-corrected chi connectivity index (χ0v) is 19.7. The van der Waals surface area contributed by atoms with E-state index in [9.17, 15) is 0 Å². The molecule has 0 saturated carbocycles. The van der Waals surface area contributed by atoms with Gasteiger partial charge in [-0.05, 0) is 58.3 Å². The molecule has 0 heterocycles. The molecule has 0 rings (SSSR count). The number of hydrogen-bond donors (Lipinski definition) is 3. The molecule has 0 spiro atoms. The highest BCUT2D eigenvalue weighted by molar-refractivity contribution is 4.67. The lowest BCUT2D eigenvalue weighted by Gasteiger charge is -2.18. The molecule has 0 bridgehead atoms. The summed E-state index contributed by atoms with van der Waals surface area (Å²) in [6, 6.07) is 0.748. The van der Waals surface area contributed by atoms with Crippen molar-refractivity contribution in [2.75, 3.05) is 26.2 Å². The van der Waals surface area contributed by atoms with Crippen molar-refractivity contribution in [2.24, 2.45) is 5.73 Å². The number of nitrogens with one attached hydrogen (secondary N) is 2. The van der Waals surface area contributed by atoms with E-state index in [-0.39, 0.29) is 0 Å². The smallest absolute Gasteiger partial charge is 0.00669 e. The summed E-state index contributed by atoms with van der Waals surface area (Å²) >= 11 is 0. The molecule has 0 amide bonds. The van der Waals surface area contributed by atoms with Gasteiger partial charge < -0.3 is 16.4 Å². The SMILES string of the molecule is CCCCCCCCCCCCCCC(CCC)NCCCCNCCCN. The molecule has 0 aliphatic rings. The molecule has 0 aliphatic carbocycles. The van der Waals surface area contributed by atoms with Gasteiger partial charge in [-0.25, -0.2) is 0 Å². The van der Waals surface area contributed by atoms with Gasteiger partial charge in [0.2, 0.25) is 0 Å². The van der Waals surface area contributed by atoms with Crippen LogP contribution in [0.5, 0.6) is 0 Å². The van der Waals surface area contributed by atoms with Crippen LogP contribution in [0.2, 0.25) is 0 Å². The van der Waals surface area contributed by atoms with E-state index in [0.29, 0.717) is 0 Å². The quantitative estimate of drug-likeness (QED) is 0.162. The predicted molar refractivity (Wildman–Crippen MR) is 128 cm³/mol. The van der Waals surface area contributed by atoms with E-state index in [1.165, 1.54) is 116 Å². The highest BCUT2D eigenvalue weighted by Gasteiger charge is 2.06. The van der Waals surface area contributed by atoms with Gasteiger partial charge in [-0.1, -0.05) is 97.3 Å². The first-order valence-electron chi connectivity index (χ1n) is 13.0. The second-order valence-electron chi connectivity index (χ2n) is 8.72. The Morgan fingerprint density at radius 2 is 1.07 bits per heavy atom. The molecule has 0 saturated heterocycles. The van der Waals surface area contributed by atoms with E-state index in [0.717, 1.165) is 32.1 Å². The second kappa shape index (κ2) is 24.9. The minimum absolute atomic E-state index is 0.748. The van der Waals surface area contributed by atoms with Crippen molar-refractivity contribution in [3.63, 3.8) is 0 Å². The van der Waals surface area contributed by atoms with Crippen molar-refractivity contribution in [3.05, 3.63) is 0 Å². The van der Waals surface area contributed by atoms with Gasteiger partial charge in [0.05, 0.1) is 0 Å². The Kier molecular flexibility index (Phi) is 24.8. The van der Waals surface area contributed by atoms with Gasteiger partial charge in [0.25, 0.3) is 0 Å². The fourth-order valence-corrected chi connectivity index (χ4v) is 3.96. The van der Waals surface area contributed by atoms with E-state index in [1.54, 1.807) is 0 Å². The van der Waals surface area contributed by atoms with Gasteiger partial charge in [0.1, 0.15) is 0 Å². The monoisotopic (exact) mass is 397 g/mol. The molecule has 170 valence electrons. The first-order chi connectivity index (χ1) is 13.8. The number of hydrogen-bond acceptors (Lipinski definition) is 3. The van der Waals surface area contributed by atoms with E-state index < -0.39 is 0 Å². The van der Waals surface area contributed by atoms with Crippen LogP contribution in [0, 0.1) is 0 Å². The molecule has 0 aromatic rings. The van der Waals surface area contributed by atoms with Crippen LogP contribution < -0.4 is 16.4 Å². The zero-order valence-electron chi connectivity index (χ0n) is 19.7. The Morgan fingerprint density at radius 3 is 1.64 bits per heavy atom. The summed E-state index contributed by atoms with van der Waals surface area (Å²) < 4.78 is 0. The van der Waals surface area contributed by atoms with E-state index in [4.69, 9.17) is 5.73 Å². The third kappa shape index (κ3) is 22.2. The van der Waals surface area contributed by atoms with Crippen LogP contribution in [0.15, 0.2) is 0 Å². The molecule has 1 unspecified atom stereocenters. The van der Waals surface area contributed by atoms with Crippen LogP contribution in [0.1, 0.15) is 129 Å². The van der Waals surface area contributed by atoms with Crippen LogP contribution in [0.4, 0.5) is 0 Å². The maximum Gasteiger partial charge on any atom is 0.00669 e. The van der Waals surface area contributed by atoms with Crippen molar-refractivity contribution >= 4 is 0 Å². The van der Waals surface area contributed by atoms with Crippen LogP contribution in [0.3, 0.4) is 0 Å². The van der Waals surface area contributed by atoms with Gasteiger partial charge in [-0.3, -0.25) is 0 Å². The highest BCUT2D eigenvalue weighted by atomic mass is 14.9. The van der Waals surface area contributed by atoms with Gasteiger partial charge >= 0.3 is 0 Å². The second-order valence-corrected chi connectivity index (χ2v) is 8.72. The van der Waals surface area contributed by atoms with Crippen LogP contribution in [0.25, 0.3) is 0 Å². The fourth-order valence-electron chi connectivity index (χ4n) is 3.96. The summed E-state index contributed by atoms with van der Waals surface area (Å²) in [4.78, 5) is 0. The summed E-state index contributed by atoms with van der Waals surface area (Å²) in [5, 5.41) is 7.28. The lowest BCUT2D eigenvalue weighted by molar-refractivity contribution is 0.419. The maximum absolute atomic E-state index is 5.51. The molecular formula is C25H55N3. The normalized spacial score (nSPS) is 12.5. The average Bonchev–Trinajstić information content (AvgIpc) is 2.70. The van der Waals surface area contributed by atoms with Crippen molar-refractivity contribution in [1.29, 1.82) is 0 Å². The highest BCUT2D eigenvalue weighted by Crippen LogP contribution is 2.14. The van der Waals surface area contributed by atoms with Crippen molar-refractivity contribution in [1.82, 2.24) is 10.6 Å². The Hall–Kier alpha value is -0.120.